The molecular formula is C20H17ClF3N3O3. The van der Waals surface area contributed by atoms with Crippen molar-refractivity contribution in [1.82, 2.24) is 9.38 Å². The Labute approximate surface area is 174 Å². The summed E-state index contributed by atoms with van der Waals surface area (Å²) in [4.78, 5) is 8.85. The van der Waals surface area contributed by atoms with Gasteiger partial charge in [-0.25, -0.2) is 9.98 Å². The lowest BCUT2D eigenvalue weighted by atomic mass is 10.1. The minimum absolute atomic E-state index is 0.0610. The molecule has 0 saturated heterocycles. The number of imidazole rings is 1. The third-order valence-corrected chi connectivity index (χ3v) is 4.75. The highest BCUT2D eigenvalue weighted by molar-refractivity contribution is 6.31. The highest BCUT2D eigenvalue weighted by Crippen LogP contribution is 2.35. The summed E-state index contributed by atoms with van der Waals surface area (Å²) < 4.78 is 50.3. The van der Waals surface area contributed by atoms with Gasteiger partial charge in [-0.1, -0.05) is 29.8 Å². The van der Waals surface area contributed by atoms with Crippen LogP contribution >= 0.6 is 11.6 Å². The number of pyridine rings is 1. The average Bonchev–Trinajstić information content (AvgIpc) is 3.29. The first-order valence-electron chi connectivity index (χ1n) is 8.99. The smallest absolute Gasteiger partial charge is 0.422 e. The lowest BCUT2D eigenvalue weighted by Gasteiger charge is -2.19. The van der Waals surface area contributed by atoms with Crippen molar-refractivity contribution in [2.24, 2.45) is 4.99 Å². The molecule has 0 amide bonds. The Bertz CT molecular complexity index is 1130. The summed E-state index contributed by atoms with van der Waals surface area (Å²) in [6.07, 6.45) is -1.18. The Hall–Kier alpha value is -2.78. The summed E-state index contributed by atoms with van der Waals surface area (Å²) >= 11 is 6.25. The van der Waals surface area contributed by atoms with Crippen molar-refractivity contribution in [3.63, 3.8) is 0 Å². The van der Waals surface area contributed by atoms with Gasteiger partial charge in [-0.3, -0.25) is 0 Å². The molecule has 0 saturated carbocycles. The molecule has 0 spiro atoms. The van der Waals surface area contributed by atoms with Gasteiger partial charge in [0, 0.05) is 23.5 Å². The van der Waals surface area contributed by atoms with Crippen LogP contribution in [0.15, 0.2) is 47.7 Å². The third-order valence-electron chi connectivity index (χ3n) is 4.54. The molecule has 1 aromatic carbocycles. The van der Waals surface area contributed by atoms with E-state index in [9.17, 15) is 18.3 Å². The van der Waals surface area contributed by atoms with E-state index in [1.807, 2.05) is 0 Å². The lowest BCUT2D eigenvalue weighted by molar-refractivity contribution is -0.153. The highest BCUT2D eigenvalue weighted by atomic mass is 35.5. The maximum atomic E-state index is 12.7. The van der Waals surface area contributed by atoms with E-state index in [0.29, 0.717) is 27.5 Å². The van der Waals surface area contributed by atoms with Crippen LogP contribution in [0.2, 0.25) is 5.02 Å². The molecule has 1 aliphatic heterocycles. The summed E-state index contributed by atoms with van der Waals surface area (Å²) in [5.74, 6) is 0.338. The Balaban J connectivity index is 1.77. The van der Waals surface area contributed by atoms with Gasteiger partial charge >= 0.3 is 6.18 Å². The van der Waals surface area contributed by atoms with E-state index in [2.05, 4.69) is 9.98 Å². The van der Waals surface area contributed by atoms with Gasteiger partial charge in [0.25, 0.3) is 0 Å². The van der Waals surface area contributed by atoms with Crippen LogP contribution in [-0.4, -0.2) is 51.9 Å². The van der Waals surface area contributed by atoms with E-state index in [4.69, 9.17) is 21.1 Å². The molecule has 1 unspecified atom stereocenters. The van der Waals surface area contributed by atoms with E-state index in [1.165, 1.54) is 6.07 Å². The van der Waals surface area contributed by atoms with Gasteiger partial charge < -0.3 is 19.0 Å². The molecule has 6 nitrogen and oxygen atoms in total. The first-order valence-corrected chi connectivity index (χ1v) is 9.37. The van der Waals surface area contributed by atoms with Gasteiger partial charge in [0.15, 0.2) is 12.2 Å². The van der Waals surface area contributed by atoms with Gasteiger partial charge in [0.05, 0.1) is 18.2 Å². The molecule has 0 radical (unpaired) electrons. The summed E-state index contributed by atoms with van der Waals surface area (Å²) in [7, 11) is 0. The Kier molecular flexibility index (Phi) is 5.11. The molecule has 0 fully saturated rings. The van der Waals surface area contributed by atoms with Crippen molar-refractivity contribution < 1.29 is 27.8 Å². The predicted octanol–water partition coefficient (Wildman–Crippen LogP) is 4.12. The number of para-hydroxylation sites is 1. The zero-order chi connectivity index (χ0) is 21.5. The number of hydrogen-bond acceptors (Lipinski definition) is 5. The SMILES string of the molecule is CC1(CO)CN=C(c2cn3cc(Cl)cc(-c4ccccc4OCC(F)(F)F)c3n2)O1. The van der Waals surface area contributed by atoms with Crippen molar-refractivity contribution in [2.75, 3.05) is 19.8 Å². The fourth-order valence-electron chi connectivity index (χ4n) is 3.09. The summed E-state index contributed by atoms with van der Waals surface area (Å²) in [5.41, 5.74) is 0.963. The van der Waals surface area contributed by atoms with Crippen LogP contribution in [-0.2, 0) is 4.74 Å². The predicted molar refractivity (Wildman–Crippen MR) is 105 cm³/mol. The van der Waals surface area contributed by atoms with Crippen LogP contribution in [0, 0.1) is 0 Å². The van der Waals surface area contributed by atoms with Crippen LogP contribution in [0.1, 0.15) is 12.6 Å². The van der Waals surface area contributed by atoms with Crippen molar-refractivity contribution in [1.29, 1.82) is 0 Å². The minimum Gasteiger partial charge on any atom is -0.483 e. The fraction of sp³-hybridized carbons (Fsp3) is 0.300. The van der Waals surface area contributed by atoms with Gasteiger partial charge in [-0.2, -0.15) is 13.2 Å². The number of halogens is 4. The second-order valence-corrected chi connectivity index (χ2v) is 7.60. The van der Waals surface area contributed by atoms with E-state index >= 15 is 0 Å². The Morgan fingerprint density at radius 3 is 2.73 bits per heavy atom. The summed E-state index contributed by atoms with van der Waals surface area (Å²) in [6.45, 7) is 0.406. The van der Waals surface area contributed by atoms with Crippen molar-refractivity contribution in [3.05, 3.63) is 53.4 Å². The fourth-order valence-corrected chi connectivity index (χ4v) is 3.31. The largest absolute Gasteiger partial charge is 0.483 e. The maximum Gasteiger partial charge on any atom is 0.422 e. The molecule has 1 aliphatic rings. The molecule has 30 heavy (non-hydrogen) atoms. The molecule has 10 heteroatoms. The number of alkyl halides is 3. The van der Waals surface area contributed by atoms with E-state index in [1.54, 1.807) is 48.0 Å². The number of aliphatic imine (C=N–C) groups is 1. The zero-order valence-electron chi connectivity index (χ0n) is 15.8. The monoisotopic (exact) mass is 439 g/mol. The third kappa shape index (κ3) is 4.08. The molecular weight excluding hydrogens is 423 g/mol. The second kappa shape index (κ2) is 7.48. The number of rotatable bonds is 5. The van der Waals surface area contributed by atoms with Crippen molar-refractivity contribution in [2.45, 2.75) is 18.7 Å². The minimum atomic E-state index is -4.46. The topological polar surface area (TPSA) is 68.4 Å². The number of aliphatic hydroxyl groups is 1. The molecule has 1 atom stereocenters. The Morgan fingerprint density at radius 2 is 2.03 bits per heavy atom. The molecule has 4 rings (SSSR count). The summed E-state index contributed by atoms with van der Waals surface area (Å²) in [6, 6.07) is 7.98. The molecule has 0 bridgehead atoms. The lowest BCUT2D eigenvalue weighted by Crippen LogP contribution is -2.33. The quantitative estimate of drug-likeness (QED) is 0.649. The zero-order valence-corrected chi connectivity index (χ0v) is 16.5. The van der Waals surface area contributed by atoms with Crippen LogP contribution in [0.4, 0.5) is 13.2 Å². The normalized spacial score (nSPS) is 19.1. The van der Waals surface area contributed by atoms with E-state index < -0.39 is 18.4 Å². The Morgan fingerprint density at radius 1 is 1.27 bits per heavy atom. The standard InChI is InChI=1S/C20H17ClF3N3O3/c1-19(10-28)9-25-18(30-19)15-8-27-7-12(21)6-14(17(27)26-15)13-4-2-3-5-16(13)29-11-20(22,23)24/h2-8,28H,9-11H2,1H3. The van der Waals surface area contributed by atoms with Crippen LogP contribution < -0.4 is 4.74 Å². The first kappa shape index (κ1) is 20.5. The molecule has 1 N–H and O–H groups in total. The molecule has 3 heterocycles. The van der Waals surface area contributed by atoms with Gasteiger partial charge in [0.1, 0.15) is 17.1 Å². The van der Waals surface area contributed by atoms with E-state index in [-0.39, 0.29) is 24.8 Å². The highest BCUT2D eigenvalue weighted by Gasteiger charge is 2.34. The number of hydrogen-bond donors (Lipinski definition) is 1. The van der Waals surface area contributed by atoms with Crippen LogP contribution in [0.5, 0.6) is 5.75 Å². The maximum absolute atomic E-state index is 12.7. The molecule has 3 aromatic rings. The van der Waals surface area contributed by atoms with Crippen molar-refractivity contribution in [3.8, 4) is 16.9 Å². The number of aliphatic hydroxyl groups excluding tert-OH is 1. The number of fused-ring (bicyclic) bond motifs is 1. The van der Waals surface area contributed by atoms with Gasteiger partial charge in [-0.15, -0.1) is 0 Å². The number of benzene rings is 1. The van der Waals surface area contributed by atoms with Crippen molar-refractivity contribution >= 4 is 23.1 Å². The second-order valence-electron chi connectivity index (χ2n) is 7.16. The first-order chi connectivity index (χ1) is 14.2. The van der Waals surface area contributed by atoms with Crippen LogP contribution in [0.3, 0.4) is 0 Å². The molecule has 158 valence electrons. The number of aromatic nitrogens is 2. The molecule has 0 aliphatic carbocycles. The van der Waals surface area contributed by atoms with Gasteiger partial charge in [-0.05, 0) is 19.1 Å². The molecule has 2 aromatic heterocycles. The van der Waals surface area contributed by atoms with E-state index in [0.717, 1.165) is 0 Å². The number of nitrogens with zero attached hydrogens (tertiary/aromatic N) is 3. The van der Waals surface area contributed by atoms with Gasteiger partial charge in [0.2, 0.25) is 5.90 Å². The van der Waals surface area contributed by atoms with Crippen LogP contribution in [0.25, 0.3) is 16.8 Å². The number of ether oxygens (including phenoxy) is 2. The summed E-state index contributed by atoms with van der Waals surface area (Å²) in [5, 5.41) is 9.82. The average molecular weight is 440 g/mol.